The van der Waals surface area contributed by atoms with Crippen LogP contribution >= 0.6 is 0 Å². The van der Waals surface area contributed by atoms with E-state index < -0.39 is 13.4 Å². The number of carbonyl (C=O) groups excluding carboxylic acids is 1. The fourth-order valence-corrected chi connectivity index (χ4v) is 6.07. The lowest BCUT2D eigenvalue weighted by Crippen LogP contribution is -2.60. The first-order valence-corrected chi connectivity index (χ1v) is 14.2. The lowest BCUT2D eigenvalue weighted by atomic mass is 9.80. The van der Waals surface area contributed by atoms with Crippen LogP contribution in [0.1, 0.15) is 57.2 Å². The van der Waals surface area contributed by atoms with E-state index in [1.807, 2.05) is 35.1 Å². The van der Waals surface area contributed by atoms with Gasteiger partial charge in [0.1, 0.15) is 5.75 Å². The largest absolute Gasteiger partial charge is 0.573 e. The monoisotopic (exact) mass is 559 g/mol. The Balaban J connectivity index is 1.52. The summed E-state index contributed by atoms with van der Waals surface area (Å²) in [6.45, 7) is 11.7. The van der Waals surface area contributed by atoms with Crippen molar-refractivity contribution in [3.05, 3.63) is 65.7 Å². The van der Waals surface area contributed by atoms with Gasteiger partial charge in [0.05, 0.1) is 6.04 Å². The van der Waals surface area contributed by atoms with Gasteiger partial charge in [-0.2, -0.15) is 0 Å². The molecule has 0 bridgehead atoms. The maximum atomic E-state index is 13.6. The van der Waals surface area contributed by atoms with Gasteiger partial charge < -0.3 is 19.5 Å². The van der Waals surface area contributed by atoms with Crippen molar-refractivity contribution in [2.75, 3.05) is 32.7 Å². The fraction of sp³-hybridized carbons (Fsp3) is 0.567. The van der Waals surface area contributed by atoms with Crippen molar-refractivity contribution >= 4 is 13.0 Å². The Bertz CT molecular complexity index is 1100. The minimum atomic E-state index is -4.74. The third-order valence-corrected chi connectivity index (χ3v) is 8.28. The predicted molar refractivity (Wildman–Crippen MR) is 151 cm³/mol. The zero-order chi connectivity index (χ0) is 29.1. The molecule has 2 fully saturated rings. The van der Waals surface area contributed by atoms with E-state index in [2.05, 4.69) is 35.3 Å². The van der Waals surface area contributed by atoms with Crippen LogP contribution in [0.5, 0.6) is 5.75 Å². The minimum absolute atomic E-state index is 0.0228. The number of benzene rings is 2. The van der Waals surface area contributed by atoms with Crippen LogP contribution in [-0.2, 0) is 4.79 Å². The molecule has 0 aromatic heterocycles. The second-order valence-electron chi connectivity index (χ2n) is 12.2. The predicted octanol–water partition coefficient (Wildman–Crippen LogP) is 5.45. The van der Waals surface area contributed by atoms with Gasteiger partial charge in [0.2, 0.25) is 5.91 Å². The van der Waals surface area contributed by atoms with Crippen LogP contribution in [-0.4, -0.2) is 77.7 Å². The molecule has 6 nitrogen and oxygen atoms in total. The van der Waals surface area contributed by atoms with Crippen molar-refractivity contribution < 1.29 is 27.7 Å². The molecule has 1 amide bonds. The van der Waals surface area contributed by atoms with Gasteiger partial charge in [0, 0.05) is 32.1 Å². The quantitative estimate of drug-likeness (QED) is 0.458. The lowest BCUT2D eigenvalue weighted by molar-refractivity contribution is -0.274. The van der Waals surface area contributed by atoms with Crippen LogP contribution < -0.4 is 4.74 Å². The van der Waals surface area contributed by atoms with Gasteiger partial charge in [-0.15, -0.1) is 13.2 Å². The molecular formula is C30H41BF3N3O3. The standard InChI is InChI=1S/C30H41BF3N3O3/c1-29(2,3)26-21-35(18-19-37(26)27(38)20-22-14-16-36(17-15-22)31(4)39)28(23-8-6-5-7-9-23)24-10-12-25(13-11-24)40-30(32,33)34/h5-13,22,26,28,39H,14-21H2,1-4H3/t26-,28?/m1/s1. The van der Waals surface area contributed by atoms with Crippen molar-refractivity contribution in [3.8, 4) is 5.75 Å². The third-order valence-electron chi connectivity index (χ3n) is 8.28. The fourth-order valence-electron chi connectivity index (χ4n) is 6.07. The molecule has 2 atom stereocenters. The molecule has 2 aromatic rings. The van der Waals surface area contributed by atoms with Crippen LogP contribution in [0.3, 0.4) is 0 Å². The topological polar surface area (TPSA) is 56.2 Å². The van der Waals surface area contributed by atoms with E-state index in [1.54, 1.807) is 19.0 Å². The zero-order valence-corrected chi connectivity index (χ0v) is 23.9. The number of halogens is 3. The van der Waals surface area contributed by atoms with E-state index in [-0.39, 0.29) is 29.2 Å². The van der Waals surface area contributed by atoms with Crippen LogP contribution in [0.4, 0.5) is 13.2 Å². The number of ether oxygens (including phenoxy) is 1. The molecule has 40 heavy (non-hydrogen) atoms. The Morgan fingerprint density at radius 3 is 2.12 bits per heavy atom. The molecule has 2 saturated heterocycles. The smallest absolute Gasteiger partial charge is 0.437 e. The molecule has 2 aliphatic rings. The second-order valence-corrected chi connectivity index (χ2v) is 12.2. The van der Waals surface area contributed by atoms with Gasteiger partial charge in [-0.05, 0) is 67.3 Å². The molecule has 0 radical (unpaired) electrons. The molecular weight excluding hydrogens is 518 g/mol. The number of nitrogens with zero attached hydrogens (tertiary/aromatic N) is 3. The van der Waals surface area contributed by atoms with Gasteiger partial charge in [-0.3, -0.25) is 9.69 Å². The van der Waals surface area contributed by atoms with Crippen LogP contribution in [0.15, 0.2) is 54.6 Å². The number of hydrogen-bond donors (Lipinski definition) is 1. The highest BCUT2D eigenvalue weighted by Crippen LogP contribution is 2.37. The summed E-state index contributed by atoms with van der Waals surface area (Å²) in [5.41, 5.74) is 1.75. The normalized spacial score (nSPS) is 20.8. The lowest BCUT2D eigenvalue weighted by Gasteiger charge is -2.50. The second kappa shape index (κ2) is 12.5. The molecule has 0 saturated carbocycles. The van der Waals surface area contributed by atoms with Crippen molar-refractivity contribution in [2.45, 2.75) is 65.3 Å². The third kappa shape index (κ3) is 7.80. The number of amides is 1. The molecule has 2 aliphatic heterocycles. The van der Waals surface area contributed by atoms with E-state index in [9.17, 15) is 23.0 Å². The molecule has 0 aliphatic carbocycles. The number of hydrogen-bond acceptors (Lipinski definition) is 5. The van der Waals surface area contributed by atoms with Gasteiger partial charge in [-0.25, -0.2) is 0 Å². The highest BCUT2D eigenvalue weighted by molar-refractivity contribution is 6.45. The number of piperazine rings is 1. The summed E-state index contributed by atoms with van der Waals surface area (Å²) in [6, 6.07) is 15.9. The molecule has 0 spiro atoms. The highest BCUT2D eigenvalue weighted by atomic mass is 19.4. The van der Waals surface area contributed by atoms with Gasteiger partial charge >= 0.3 is 13.4 Å². The van der Waals surface area contributed by atoms with E-state index in [0.717, 1.165) is 37.1 Å². The van der Waals surface area contributed by atoms with Crippen LogP contribution in [0, 0.1) is 11.3 Å². The van der Waals surface area contributed by atoms with Crippen molar-refractivity contribution in [1.82, 2.24) is 14.6 Å². The Hall–Kier alpha value is -2.56. The van der Waals surface area contributed by atoms with E-state index in [0.29, 0.717) is 32.0 Å². The molecule has 2 heterocycles. The SMILES string of the molecule is CB(O)N1CCC(CC(=O)N2CCN(C(c3ccccc3)c3ccc(OC(F)(F)F)cc3)C[C@@H]2C(C)(C)C)CC1. The number of rotatable bonds is 7. The Labute approximate surface area is 236 Å². The summed E-state index contributed by atoms with van der Waals surface area (Å²) in [6.07, 6.45) is -2.41. The number of carbonyl (C=O) groups is 1. The minimum Gasteiger partial charge on any atom is -0.437 e. The molecule has 1 N–H and O–H groups in total. The Morgan fingerprint density at radius 1 is 0.975 bits per heavy atom. The molecule has 10 heteroatoms. The van der Waals surface area contributed by atoms with Gasteiger partial charge in [0.15, 0.2) is 0 Å². The average Bonchev–Trinajstić information content (AvgIpc) is 2.89. The molecule has 4 rings (SSSR count). The maximum Gasteiger partial charge on any atom is 0.573 e. The summed E-state index contributed by atoms with van der Waals surface area (Å²) in [7, 11) is -0.457. The summed E-state index contributed by atoms with van der Waals surface area (Å²) in [5, 5.41) is 9.86. The first-order valence-electron chi connectivity index (χ1n) is 14.2. The maximum absolute atomic E-state index is 13.6. The summed E-state index contributed by atoms with van der Waals surface area (Å²) in [5.74, 6) is 0.251. The highest BCUT2D eigenvalue weighted by Gasteiger charge is 2.41. The van der Waals surface area contributed by atoms with Crippen molar-refractivity contribution in [3.63, 3.8) is 0 Å². The van der Waals surface area contributed by atoms with E-state index in [4.69, 9.17) is 0 Å². The number of piperidine rings is 1. The van der Waals surface area contributed by atoms with Crippen LogP contribution in [0.2, 0.25) is 6.82 Å². The van der Waals surface area contributed by atoms with Gasteiger partial charge in [0.25, 0.3) is 0 Å². The molecule has 1 unspecified atom stereocenters. The summed E-state index contributed by atoms with van der Waals surface area (Å²) in [4.78, 5) is 20.1. The summed E-state index contributed by atoms with van der Waals surface area (Å²) >= 11 is 0. The Kier molecular flexibility index (Phi) is 9.53. The van der Waals surface area contributed by atoms with E-state index in [1.165, 1.54) is 12.1 Å². The number of alkyl halides is 3. The van der Waals surface area contributed by atoms with Crippen molar-refractivity contribution in [2.24, 2.45) is 11.3 Å². The Morgan fingerprint density at radius 2 is 1.57 bits per heavy atom. The van der Waals surface area contributed by atoms with Crippen LogP contribution in [0.25, 0.3) is 0 Å². The zero-order valence-electron chi connectivity index (χ0n) is 23.9. The molecule has 218 valence electrons. The van der Waals surface area contributed by atoms with Gasteiger partial charge in [-0.1, -0.05) is 63.2 Å². The van der Waals surface area contributed by atoms with E-state index >= 15 is 0 Å². The average molecular weight is 559 g/mol. The first kappa shape index (κ1) is 30.4. The first-order chi connectivity index (χ1) is 18.8. The molecule has 2 aromatic carbocycles. The van der Waals surface area contributed by atoms with Crippen molar-refractivity contribution in [1.29, 1.82) is 0 Å². The summed E-state index contributed by atoms with van der Waals surface area (Å²) < 4.78 is 42.3.